The molecule has 5 rings (SSSR count). The highest BCUT2D eigenvalue weighted by molar-refractivity contribution is 6.24. The van der Waals surface area contributed by atoms with Crippen molar-refractivity contribution in [3.63, 3.8) is 0 Å². The molecule has 2 aromatic rings. The average molecular weight is 413 g/mol. The first-order valence-electron chi connectivity index (χ1n) is 10.7. The number of nitrogens with zero attached hydrogens (tertiary/aromatic N) is 3. The third-order valence-corrected chi connectivity index (χ3v) is 6.21. The molecule has 0 N–H and O–H groups in total. The van der Waals surface area contributed by atoms with Crippen molar-refractivity contribution in [2.24, 2.45) is 10.9 Å². The molecule has 2 aliphatic heterocycles. The summed E-state index contributed by atoms with van der Waals surface area (Å²) >= 11 is 0. The molecule has 156 valence electrons. The third-order valence-electron chi connectivity index (χ3n) is 6.21. The van der Waals surface area contributed by atoms with Gasteiger partial charge >= 0.3 is 0 Å². The van der Waals surface area contributed by atoms with Crippen LogP contribution in [0.1, 0.15) is 24.8 Å². The first-order chi connectivity index (χ1) is 15.1. The summed E-state index contributed by atoms with van der Waals surface area (Å²) in [5.74, 6) is -0.0500. The van der Waals surface area contributed by atoms with Crippen molar-refractivity contribution in [3.05, 3.63) is 71.8 Å². The maximum atomic E-state index is 13.2. The molecule has 1 saturated carbocycles. The van der Waals surface area contributed by atoms with E-state index in [4.69, 9.17) is 0 Å². The molecule has 0 spiro atoms. The number of anilines is 1. The minimum Gasteiger partial charge on any atom is -0.345 e. The molecule has 0 bridgehead atoms. The lowest BCUT2D eigenvalue weighted by molar-refractivity contribution is -0.122. The number of amidine groups is 1. The zero-order chi connectivity index (χ0) is 21.4. The molecule has 1 saturated heterocycles. The lowest BCUT2D eigenvalue weighted by Gasteiger charge is -2.28. The van der Waals surface area contributed by atoms with Crippen molar-refractivity contribution in [1.29, 1.82) is 0 Å². The van der Waals surface area contributed by atoms with E-state index in [-0.39, 0.29) is 29.9 Å². The highest BCUT2D eigenvalue weighted by atomic mass is 16.2. The SMILES string of the molecule is O=C1C(=Cc2ccccc2)CCC1C1=NCCN1C1CC(=O)N(c2ccccc2)C1=O. The molecule has 1 aliphatic carbocycles. The zero-order valence-electron chi connectivity index (χ0n) is 17.1. The molecule has 3 aliphatic rings. The van der Waals surface area contributed by atoms with Gasteiger partial charge in [-0.3, -0.25) is 19.4 Å². The maximum Gasteiger partial charge on any atom is 0.257 e. The third kappa shape index (κ3) is 3.48. The fraction of sp³-hybridized carbons (Fsp3) is 0.280. The number of rotatable bonds is 4. The Bertz CT molecular complexity index is 1090. The molecule has 6 heteroatoms. The van der Waals surface area contributed by atoms with E-state index in [1.54, 1.807) is 12.1 Å². The molecular weight excluding hydrogens is 390 g/mol. The zero-order valence-corrected chi connectivity index (χ0v) is 17.1. The number of benzene rings is 2. The van der Waals surface area contributed by atoms with Gasteiger partial charge in [-0.25, -0.2) is 4.90 Å². The van der Waals surface area contributed by atoms with Gasteiger partial charge in [-0.15, -0.1) is 0 Å². The van der Waals surface area contributed by atoms with E-state index in [0.29, 0.717) is 37.5 Å². The van der Waals surface area contributed by atoms with Gasteiger partial charge < -0.3 is 4.90 Å². The van der Waals surface area contributed by atoms with Crippen LogP contribution in [0, 0.1) is 5.92 Å². The molecule has 2 heterocycles. The monoisotopic (exact) mass is 413 g/mol. The number of aliphatic imine (C=N–C) groups is 1. The number of allylic oxidation sites excluding steroid dienone is 1. The minimum absolute atomic E-state index is 0.0752. The molecule has 2 unspecified atom stereocenters. The van der Waals surface area contributed by atoms with Crippen molar-refractivity contribution < 1.29 is 14.4 Å². The Hall–Kier alpha value is -3.54. The van der Waals surface area contributed by atoms with Gasteiger partial charge in [0.1, 0.15) is 11.9 Å². The standard InChI is InChI=1S/C25H23N3O3/c29-22-16-21(25(31)28(22)19-9-5-2-6-10-19)27-14-13-26-24(27)20-12-11-18(23(20)30)15-17-7-3-1-4-8-17/h1-10,15,20-21H,11-14,16H2. The molecule has 31 heavy (non-hydrogen) atoms. The first kappa shape index (κ1) is 19.4. The predicted molar refractivity (Wildman–Crippen MR) is 118 cm³/mol. The Balaban J connectivity index is 1.36. The molecule has 2 amide bonds. The normalized spacial score (nSPS) is 25.1. The number of carbonyl (C=O) groups excluding carboxylic acids is 3. The second-order valence-electron chi connectivity index (χ2n) is 8.09. The van der Waals surface area contributed by atoms with Crippen molar-refractivity contribution in [3.8, 4) is 0 Å². The van der Waals surface area contributed by atoms with Crippen LogP contribution < -0.4 is 4.90 Å². The lowest BCUT2D eigenvalue weighted by atomic mass is 10.0. The van der Waals surface area contributed by atoms with Crippen LogP contribution in [0.15, 0.2) is 71.2 Å². The molecule has 2 fully saturated rings. The van der Waals surface area contributed by atoms with Crippen molar-refractivity contribution >= 4 is 35.2 Å². The van der Waals surface area contributed by atoms with Gasteiger partial charge in [-0.05, 0) is 42.2 Å². The number of hydrogen-bond donors (Lipinski definition) is 0. The Morgan fingerprint density at radius 3 is 2.39 bits per heavy atom. The quantitative estimate of drug-likeness (QED) is 0.571. The summed E-state index contributed by atoms with van der Waals surface area (Å²) in [6.45, 7) is 1.10. The van der Waals surface area contributed by atoms with Crippen LogP contribution >= 0.6 is 0 Å². The first-order valence-corrected chi connectivity index (χ1v) is 10.7. The van der Waals surface area contributed by atoms with Crippen LogP contribution in [0.2, 0.25) is 0 Å². The summed E-state index contributed by atoms with van der Waals surface area (Å²) in [6, 6.07) is 18.2. The smallest absolute Gasteiger partial charge is 0.257 e. The molecule has 2 aromatic carbocycles. The second-order valence-corrected chi connectivity index (χ2v) is 8.09. The fourth-order valence-corrected chi connectivity index (χ4v) is 4.73. The van der Waals surface area contributed by atoms with Crippen molar-refractivity contribution in [1.82, 2.24) is 4.90 Å². The van der Waals surface area contributed by atoms with Gasteiger partial charge in [0.15, 0.2) is 5.78 Å². The van der Waals surface area contributed by atoms with Crippen LogP contribution in [-0.2, 0) is 14.4 Å². The van der Waals surface area contributed by atoms with Crippen molar-refractivity contribution in [2.75, 3.05) is 18.0 Å². The molecular formula is C25H23N3O3. The fourth-order valence-electron chi connectivity index (χ4n) is 4.73. The Kier molecular flexibility index (Phi) is 4.98. The molecule has 0 radical (unpaired) electrons. The predicted octanol–water partition coefficient (Wildman–Crippen LogP) is 3.10. The average Bonchev–Trinajstić information content (AvgIpc) is 3.47. The summed E-state index contributed by atoms with van der Waals surface area (Å²) < 4.78 is 0. The van der Waals surface area contributed by atoms with Crippen LogP contribution in [0.4, 0.5) is 5.69 Å². The number of hydrogen-bond acceptors (Lipinski definition) is 5. The molecule has 6 nitrogen and oxygen atoms in total. The highest BCUT2D eigenvalue weighted by Crippen LogP contribution is 2.34. The van der Waals surface area contributed by atoms with E-state index >= 15 is 0 Å². The lowest BCUT2D eigenvalue weighted by Crippen LogP contribution is -2.46. The van der Waals surface area contributed by atoms with E-state index in [0.717, 1.165) is 11.1 Å². The summed E-state index contributed by atoms with van der Waals surface area (Å²) in [6.07, 6.45) is 3.44. The Morgan fingerprint density at radius 2 is 1.65 bits per heavy atom. The highest BCUT2D eigenvalue weighted by Gasteiger charge is 2.47. The molecule has 2 atom stereocenters. The second kappa shape index (κ2) is 7.95. The minimum atomic E-state index is -0.594. The number of Topliss-reactive ketones (excluding diaryl/α,β-unsaturated/α-hetero) is 1. The van der Waals surface area contributed by atoms with Crippen LogP contribution in [-0.4, -0.2) is 47.5 Å². The van der Waals surface area contributed by atoms with Gasteiger partial charge in [0.2, 0.25) is 5.91 Å². The Labute approximate surface area is 180 Å². The number of para-hydroxylation sites is 1. The van der Waals surface area contributed by atoms with Gasteiger partial charge in [0, 0.05) is 6.54 Å². The van der Waals surface area contributed by atoms with Crippen molar-refractivity contribution in [2.45, 2.75) is 25.3 Å². The summed E-state index contributed by atoms with van der Waals surface area (Å²) in [4.78, 5) is 46.7. The van der Waals surface area contributed by atoms with E-state index < -0.39 is 6.04 Å². The molecule has 0 aromatic heterocycles. The van der Waals surface area contributed by atoms with Crippen LogP contribution in [0.3, 0.4) is 0 Å². The number of carbonyl (C=O) groups is 3. The maximum absolute atomic E-state index is 13.2. The van der Waals surface area contributed by atoms with Crippen LogP contribution in [0.5, 0.6) is 0 Å². The van der Waals surface area contributed by atoms with Crippen LogP contribution in [0.25, 0.3) is 6.08 Å². The van der Waals surface area contributed by atoms with Gasteiger partial charge in [-0.1, -0.05) is 48.5 Å². The van der Waals surface area contributed by atoms with E-state index in [9.17, 15) is 14.4 Å². The number of ketones is 1. The Morgan fingerprint density at radius 1 is 0.935 bits per heavy atom. The van der Waals surface area contributed by atoms with Gasteiger partial charge in [0.25, 0.3) is 5.91 Å². The largest absolute Gasteiger partial charge is 0.345 e. The number of imide groups is 1. The summed E-state index contributed by atoms with van der Waals surface area (Å²) in [7, 11) is 0. The van der Waals surface area contributed by atoms with Gasteiger partial charge in [-0.2, -0.15) is 0 Å². The summed E-state index contributed by atoms with van der Waals surface area (Å²) in [5, 5.41) is 0. The van der Waals surface area contributed by atoms with E-state index in [1.165, 1.54) is 4.90 Å². The number of amides is 2. The summed E-state index contributed by atoms with van der Waals surface area (Å²) in [5.41, 5.74) is 2.39. The van der Waals surface area contributed by atoms with E-state index in [1.807, 2.05) is 59.5 Å². The van der Waals surface area contributed by atoms with E-state index in [2.05, 4.69) is 4.99 Å². The van der Waals surface area contributed by atoms with Gasteiger partial charge in [0.05, 0.1) is 24.6 Å². The topological polar surface area (TPSA) is 70.1 Å².